The molecular formula is C16H20O2. The van der Waals surface area contributed by atoms with Gasteiger partial charge >= 0.3 is 0 Å². The van der Waals surface area contributed by atoms with E-state index in [2.05, 4.69) is 19.1 Å². The van der Waals surface area contributed by atoms with Crippen LogP contribution in [0.25, 0.3) is 0 Å². The van der Waals surface area contributed by atoms with Gasteiger partial charge in [0.15, 0.2) is 5.78 Å². The second kappa shape index (κ2) is 4.85. The van der Waals surface area contributed by atoms with Gasteiger partial charge in [-0.3, -0.25) is 4.79 Å². The van der Waals surface area contributed by atoms with Crippen molar-refractivity contribution in [2.24, 2.45) is 5.92 Å². The molecule has 1 saturated heterocycles. The number of benzene rings is 1. The first-order chi connectivity index (χ1) is 8.75. The van der Waals surface area contributed by atoms with E-state index in [0.717, 1.165) is 18.6 Å². The minimum atomic E-state index is -0.221. The predicted molar refractivity (Wildman–Crippen MR) is 70.9 cm³/mol. The average molecular weight is 244 g/mol. The summed E-state index contributed by atoms with van der Waals surface area (Å²) in [6.45, 7) is 2.82. The van der Waals surface area contributed by atoms with Crippen LogP contribution >= 0.6 is 0 Å². The number of hydrogen-bond donors (Lipinski definition) is 0. The number of ketones is 1. The molecular weight excluding hydrogens is 224 g/mol. The lowest BCUT2D eigenvalue weighted by Gasteiger charge is -2.26. The third-order valence-electron chi connectivity index (χ3n) is 4.39. The van der Waals surface area contributed by atoms with Gasteiger partial charge in [-0.1, -0.05) is 31.5 Å². The fraction of sp³-hybridized carbons (Fsp3) is 0.562. The monoisotopic (exact) mass is 244 g/mol. The molecule has 2 heteroatoms. The molecule has 2 fully saturated rings. The fourth-order valence-corrected chi connectivity index (χ4v) is 2.88. The summed E-state index contributed by atoms with van der Waals surface area (Å²) in [5, 5.41) is 0. The lowest BCUT2D eigenvalue weighted by atomic mass is 9.79. The smallest absolute Gasteiger partial charge is 0.191 e. The highest BCUT2D eigenvalue weighted by Gasteiger charge is 2.31. The van der Waals surface area contributed by atoms with Crippen molar-refractivity contribution < 1.29 is 9.53 Å². The minimum absolute atomic E-state index is 0.168. The Morgan fingerprint density at radius 2 is 2.11 bits per heavy atom. The van der Waals surface area contributed by atoms with Crippen LogP contribution in [-0.4, -0.2) is 18.5 Å². The summed E-state index contributed by atoms with van der Waals surface area (Å²) >= 11 is 0. The highest BCUT2D eigenvalue weighted by atomic mass is 16.5. The maximum Gasteiger partial charge on any atom is 0.191 e. The molecule has 2 nitrogen and oxygen atoms in total. The van der Waals surface area contributed by atoms with E-state index in [1.54, 1.807) is 0 Å². The van der Waals surface area contributed by atoms with Gasteiger partial charge in [0.2, 0.25) is 0 Å². The standard InChI is InChI=1S/C16H20O2/c1-11-8-9-18-16(11)15(17)14-7-3-6-13(10-14)12-4-2-5-12/h3,6-7,10-12,16H,2,4-5,8-9H2,1H3. The van der Waals surface area contributed by atoms with Crippen LogP contribution in [0.5, 0.6) is 0 Å². The van der Waals surface area contributed by atoms with Crippen LogP contribution in [-0.2, 0) is 4.74 Å². The van der Waals surface area contributed by atoms with Crippen LogP contribution in [0.1, 0.15) is 54.4 Å². The van der Waals surface area contributed by atoms with Crippen LogP contribution in [0.3, 0.4) is 0 Å². The van der Waals surface area contributed by atoms with Crippen LogP contribution in [0.2, 0.25) is 0 Å². The second-order valence-corrected chi connectivity index (χ2v) is 5.67. The summed E-state index contributed by atoms with van der Waals surface area (Å²) < 4.78 is 5.57. The Morgan fingerprint density at radius 1 is 1.28 bits per heavy atom. The van der Waals surface area contributed by atoms with Crippen LogP contribution in [0.4, 0.5) is 0 Å². The van der Waals surface area contributed by atoms with Crippen molar-refractivity contribution in [1.29, 1.82) is 0 Å². The second-order valence-electron chi connectivity index (χ2n) is 5.67. The quantitative estimate of drug-likeness (QED) is 0.760. The van der Waals surface area contributed by atoms with Gasteiger partial charge in [-0.25, -0.2) is 0 Å². The van der Waals surface area contributed by atoms with Crippen molar-refractivity contribution in [1.82, 2.24) is 0 Å². The minimum Gasteiger partial charge on any atom is -0.370 e. The molecule has 2 aliphatic rings. The number of Topliss-reactive ketones (excluding diaryl/α,β-unsaturated/α-hetero) is 1. The summed E-state index contributed by atoms with van der Waals surface area (Å²) in [7, 11) is 0. The molecule has 2 unspecified atom stereocenters. The molecule has 1 saturated carbocycles. The van der Waals surface area contributed by atoms with Crippen molar-refractivity contribution in [3.63, 3.8) is 0 Å². The van der Waals surface area contributed by atoms with E-state index in [4.69, 9.17) is 4.74 Å². The maximum atomic E-state index is 12.4. The summed E-state index contributed by atoms with van der Waals surface area (Å²) in [5.74, 6) is 1.20. The van der Waals surface area contributed by atoms with Crippen molar-refractivity contribution in [3.05, 3.63) is 35.4 Å². The van der Waals surface area contributed by atoms with Gasteiger partial charge in [0.1, 0.15) is 6.10 Å². The maximum absolute atomic E-state index is 12.4. The Labute approximate surface area is 108 Å². The fourth-order valence-electron chi connectivity index (χ4n) is 2.88. The number of ether oxygens (including phenoxy) is 1. The number of carbonyl (C=O) groups is 1. The topological polar surface area (TPSA) is 26.3 Å². The zero-order valence-electron chi connectivity index (χ0n) is 10.9. The zero-order chi connectivity index (χ0) is 12.5. The van der Waals surface area contributed by atoms with Crippen molar-refractivity contribution in [2.75, 3.05) is 6.61 Å². The van der Waals surface area contributed by atoms with Gasteiger partial charge in [0, 0.05) is 12.2 Å². The highest BCUT2D eigenvalue weighted by Crippen LogP contribution is 2.36. The van der Waals surface area contributed by atoms with E-state index < -0.39 is 0 Å². The molecule has 1 aliphatic carbocycles. The molecule has 3 rings (SSSR count). The van der Waals surface area contributed by atoms with Crippen LogP contribution in [0.15, 0.2) is 24.3 Å². The van der Waals surface area contributed by atoms with Gasteiger partial charge in [0.25, 0.3) is 0 Å². The lowest BCUT2D eigenvalue weighted by molar-refractivity contribution is 0.0579. The van der Waals surface area contributed by atoms with E-state index in [-0.39, 0.29) is 11.9 Å². The Morgan fingerprint density at radius 3 is 2.72 bits per heavy atom. The molecule has 0 radical (unpaired) electrons. The summed E-state index contributed by atoms with van der Waals surface area (Å²) in [6, 6.07) is 8.18. The molecule has 0 spiro atoms. The SMILES string of the molecule is CC1CCOC1C(=O)c1cccc(C2CCC2)c1. The van der Waals surface area contributed by atoms with E-state index in [0.29, 0.717) is 11.8 Å². The number of rotatable bonds is 3. The first kappa shape index (κ1) is 11.9. The van der Waals surface area contributed by atoms with Gasteiger partial charge in [-0.05, 0) is 42.7 Å². The number of hydrogen-bond acceptors (Lipinski definition) is 2. The normalized spacial score (nSPS) is 28.1. The average Bonchev–Trinajstić information content (AvgIpc) is 2.73. The zero-order valence-corrected chi connectivity index (χ0v) is 10.9. The Kier molecular flexibility index (Phi) is 3.21. The van der Waals surface area contributed by atoms with E-state index >= 15 is 0 Å². The van der Waals surface area contributed by atoms with Gasteiger partial charge in [-0.2, -0.15) is 0 Å². The summed E-state index contributed by atoms with van der Waals surface area (Å²) in [4.78, 5) is 12.4. The summed E-state index contributed by atoms with van der Waals surface area (Å²) in [5.41, 5.74) is 2.16. The van der Waals surface area contributed by atoms with Crippen molar-refractivity contribution in [3.8, 4) is 0 Å². The van der Waals surface area contributed by atoms with Gasteiger partial charge in [-0.15, -0.1) is 0 Å². The molecule has 2 atom stereocenters. The van der Waals surface area contributed by atoms with Crippen molar-refractivity contribution >= 4 is 5.78 Å². The van der Waals surface area contributed by atoms with Crippen LogP contribution in [0, 0.1) is 5.92 Å². The predicted octanol–water partition coefficient (Wildman–Crippen LogP) is 3.56. The van der Waals surface area contributed by atoms with E-state index in [1.807, 2.05) is 12.1 Å². The molecule has 1 heterocycles. The van der Waals surface area contributed by atoms with Crippen molar-refractivity contribution in [2.45, 2.75) is 44.6 Å². The molecule has 1 aliphatic heterocycles. The highest BCUT2D eigenvalue weighted by molar-refractivity contribution is 6.00. The van der Waals surface area contributed by atoms with Gasteiger partial charge < -0.3 is 4.74 Å². The van der Waals surface area contributed by atoms with E-state index in [9.17, 15) is 4.79 Å². The third-order valence-corrected chi connectivity index (χ3v) is 4.39. The molecule has 0 N–H and O–H groups in total. The molecule has 1 aromatic rings. The molecule has 0 aromatic heterocycles. The van der Waals surface area contributed by atoms with Gasteiger partial charge in [0.05, 0.1) is 0 Å². The Hall–Kier alpha value is -1.15. The Balaban J connectivity index is 1.80. The molecule has 96 valence electrons. The Bertz CT molecular complexity index is 448. The molecule has 0 bridgehead atoms. The molecule has 0 amide bonds. The third kappa shape index (κ3) is 2.10. The van der Waals surface area contributed by atoms with E-state index in [1.165, 1.54) is 24.8 Å². The summed E-state index contributed by atoms with van der Waals surface area (Å²) in [6.07, 6.45) is 4.65. The lowest BCUT2D eigenvalue weighted by Crippen LogP contribution is -2.25. The molecule has 1 aromatic carbocycles. The number of carbonyl (C=O) groups excluding carboxylic acids is 1. The molecule has 18 heavy (non-hydrogen) atoms. The van der Waals surface area contributed by atoms with Crippen LogP contribution < -0.4 is 0 Å². The first-order valence-electron chi connectivity index (χ1n) is 7.01. The largest absolute Gasteiger partial charge is 0.370 e. The first-order valence-corrected chi connectivity index (χ1v) is 7.01.